The maximum absolute atomic E-state index is 4.02. The fourth-order valence-corrected chi connectivity index (χ4v) is 3.35. The molecule has 1 heterocycles. The van der Waals surface area contributed by atoms with Crippen molar-refractivity contribution >= 4 is 11.8 Å². The third-order valence-electron chi connectivity index (χ3n) is 2.62. The normalized spacial score (nSPS) is 29.2. The molecule has 2 heteroatoms. The van der Waals surface area contributed by atoms with Crippen LogP contribution in [0.25, 0.3) is 0 Å². The van der Waals surface area contributed by atoms with E-state index in [-0.39, 0.29) is 4.87 Å². The zero-order chi connectivity index (χ0) is 10.1. The van der Waals surface area contributed by atoms with Gasteiger partial charge in [0.15, 0.2) is 0 Å². The van der Waals surface area contributed by atoms with Crippen molar-refractivity contribution in [3.63, 3.8) is 0 Å². The largest absolute Gasteiger partial charge is 0.301 e. The Hall–Kier alpha value is 0.0500. The van der Waals surface area contributed by atoms with Gasteiger partial charge in [0, 0.05) is 12.3 Å². The summed E-state index contributed by atoms with van der Waals surface area (Å²) >= 11 is 2.05. The molecule has 1 saturated heterocycles. The lowest BCUT2D eigenvalue weighted by Gasteiger charge is -2.41. The SMILES string of the molecule is C=C(C)CC1(C(C)(C)C)NCCS1. The molecule has 13 heavy (non-hydrogen) atoms. The average molecular weight is 199 g/mol. The molecule has 0 radical (unpaired) electrons. The second kappa shape index (κ2) is 3.66. The van der Waals surface area contributed by atoms with Crippen molar-refractivity contribution < 1.29 is 0 Å². The number of rotatable bonds is 2. The Morgan fingerprint density at radius 2 is 2.15 bits per heavy atom. The van der Waals surface area contributed by atoms with Crippen molar-refractivity contribution in [1.29, 1.82) is 0 Å². The number of hydrogen-bond donors (Lipinski definition) is 1. The van der Waals surface area contributed by atoms with Gasteiger partial charge in [-0.25, -0.2) is 0 Å². The predicted molar refractivity (Wildman–Crippen MR) is 62.1 cm³/mol. The van der Waals surface area contributed by atoms with Gasteiger partial charge in [-0.15, -0.1) is 18.3 Å². The minimum absolute atomic E-state index is 0.221. The van der Waals surface area contributed by atoms with Crippen LogP contribution in [0.2, 0.25) is 0 Å². The lowest BCUT2D eigenvalue weighted by molar-refractivity contribution is 0.245. The standard InChI is InChI=1S/C11H21NS/c1-9(2)8-11(10(3,4)5)12-6-7-13-11/h12H,1,6-8H2,2-5H3. The number of hydrogen-bond acceptors (Lipinski definition) is 2. The lowest BCUT2D eigenvalue weighted by atomic mass is 9.82. The first-order valence-electron chi connectivity index (χ1n) is 4.91. The molecule has 76 valence electrons. The first-order valence-corrected chi connectivity index (χ1v) is 5.89. The highest BCUT2D eigenvalue weighted by atomic mass is 32.2. The Kier molecular flexibility index (Phi) is 3.13. The summed E-state index contributed by atoms with van der Waals surface area (Å²) in [5, 5.41) is 3.64. The van der Waals surface area contributed by atoms with E-state index in [0.29, 0.717) is 5.41 Å². The van der Waals surface area contributed by atoms with E-state index in [2.05, 4.69) is 51.4 Å². The minimum Gasteiger partial charge on any atom is -0.301 e. The van der Waals surface area contributed by atoms with Crippen molar-refractivity contribution in [3.05, 3.63) is 12.2 Å². The molecule has 0 aromatic carbocycles. The van der Waals surface area contributed by atoms with E-state index in [4.69, 9.17) is 0 Å². The van der Waals surface area contributed by atoms with E-state index < -0.39 is 0 Å². The zero-order valence-electron chi connectivity index (χ0n) is 9.24. The van der Waals surface area contributed by atoms with Crippen LogP contribution in [0.4, 0.5) is 0 Å². The van der Waals surface area contributed by atoms with Crippen molar-refractivity contribution in [2.45, 2.75) is 39.0 Å². The van der Waals surface area contributed by atoms with Gasteiger partial charge >= 0.3 is 0 Å². The van der Waals surface area contributed by atoms with Crippen LogP contribution < -0.4 is 5.32 Å². The molecule has 1 fully saturated rings. The third kappa shape index (κ3) is 2.29. The minimum atomic E-state index is 0.221. The summed E-state index contributed by atoms with van der Waals surface area (Å²) in [7, 11) is 0. The van der Waals surface area contributed by atoms with Crippen LogP contribution in [-0.4, -0.2) is 17.2 Å². The van der Waals surface area contributed by atoms with Gasteiger partial charge in [-0.1, -0.05) is 26.3 Å². The molecular formula is C11H21NS. The van der Waals surface area contributed by atoms with Gasteiger partial charge in [0.25, 0.3) is 0 Å². The maximum Gasteiger partial charge on any atom is 0.0732 e. The first kappa shape index (κ1) is 11.1. The van der Waals surface area contributed by atoms with E-state index in [9.17, 15) is 0 Å². The Balaban J connectivity index is 2.81. The molecule has 1 nitrogen and oxygen atoms in total. The van der Waals surface area contributed by atoms with Gasteiger partial charge in [-0.05, 0) is 18.8 Å². The summed E-state index contributed by atoms with van der Waals surface area (Å²) in [5.74, 6) is 1.23. The number of nitrogens with one attached hydrogen (secondary N) is 1. The van der Waals surface area contributed by atoms with E-state index >= 15 is 0 Å². The average Bonchev–Trinajstić information content (AvgIpc) is 2.33. The van der Waals surface area contributed by atoms with Gasteiger partial charge in [0.2, 0.25) is 0 Å². The highest BCUT2D eigenvalue weighted by Crippen LogP contribution is 2.46. The van der Waals surface area contributed by atoms with Gasteiger partial charge in [0.05, 0.1) is 4.87 Å². The van der Waals surface area contributed by atoms with Crippen LogP contribution in [-0.2, 0) is 0 Å². The second-order valence-electron chi connectivity index (χ2n) is 4.99. The van der Waals surface area contributed by atoms with Crippen LogP contribution in [0.15, 0.2) is 12.2 Å². The van der Waals surface area contributed by atoms with E-state index in [1.54, 1.807) is 0 Å². The van der Waals surface area contributed by atoms with E-state index in [1.807, 2.05) is 0 Å². The van der Waals surface area contributed by atoms with Crippen molar-refractivity contribution in [2.75, 3.05) is 12.3 Å². The smallest absolute Gasteiger partial charge is 0.0732 e. The fourth-order valence-electron chi connectivity index (χ4n) is 1.81. The molecule has 0 aromatic rings. The monoisotopic (exact) mass is 199 g/mol. The molecule has 0 bridgehead atoms. The lowest BCUT2D eigenvalue weighted by Crippen LogP contribution is -2.48. The zero-order valence-corrected chi connectivity index (χ0v) is 10.1. The van der Waals surface area contributed by atoms with Crippen LogP contribution in [0.5, 0.6) is 0 Å². The first-order chi connectivity index (χ1) is 5.87. The quantitative estimate of drug-likeness (QED) is 0.686. The maximum atomic E-state index is 4.02. The van der Waals surface area contributed by atoms with Gasteiger partial charge in [-0.3, -0.25) is 0 Å². The van der Waals surface area contributed by atoms with Gasteiger partial charge in [0.1, 0.15) is 0 Å². The summed E-state index contributed by atoms with van der Waals surface area (Å²) in [6, 6.07) is 0. The molecule has 0 spiro atoms. The van der Waals surface area contributed by atoms with Crippen LogP contribution >= 0.6 is 11.8 Å². The van der Waals surface area contributed by atoms with Crippen molar-refractivity contribution in [1.82, 2.24) is 5.32 Å². The molecular weight excluding hydrogens is 178 g/mol. The Morgan fingerprint density at radius 3 is 2.46 bits per heavy atom. The molecule has 1 rings (SSSR count). The molecule has 1 aliphatic heterocycles. The fraction of sp³-hybridized carbons (Fsp3) is 0.818. The molecule has 1 aliphatic rings. The molecule has 0 amide bonds. The van der Waals surface area contributed by atoms with Crippen LogP contribution in [0, 0.1) is 5.41 Å². The summed E-state index contributed by atoms with van der Waals surface area (Å²) in [6.07, 6.45) is 1.08. The highest BCUT2D eigenvalue weighted by Gasteiger charge is 2.44. The predicted octanol–water partition coefficient (Wildman–Crippen LogP) is 3.03. The number of thioether (sulfide) groups is 1. The molecule has 0 saturated carbocycles. The Morgan fingerprint density at radius 1 is 1.54 bits per heavy atom. The Bertz CT molecular complexity index is 197. The summed E-state index contributed by atoms with van der Waals surface area (Å²) in [5.41, 5.74) is 1.57. The van der Waals surface area contributed by atoms with Crippen LogP contribution in [0.1, 0.15) is 34.1 Å². The Labute approximate surface area is 86.4 Å². The molecule has 0 aliphatic carbocycles. The second-order valence-corrected chi connectivity index (χ2v) is 6.38. The van der Waals surface area contributed by atoms with Crippen molar-refractivity contribution in [3.8, 4) is 0 Å². The molecule has 0 aromatic heterocycles. The summed E-state index contributed by atoms with van der Waals surface area (Å²) < 4.78 is 0. The molecule has 1 unspecified atom stereocenters. The third-order valence-corrected chi connectivity index (χ3v) is 4.43. The van der Waals surface area contributed by atoms with Gasteiger partial charge in [-0.2, -0.15) is 0 Å². The van der Waals surface area contributed by atoms with E-state index in [1.165, 1.54) is 11.3 Å². The van der Waals surface area contributed by atoms with E-state index in [0.717, 1.165) is 13.0 Å². The van der Waals surface area contributed by atoms with Crippen molar-refractivity contribution in [2.24, 2.45) is 5.41 Å². The highest BCUT2D eigenvalue weighted by molar-refractivity contribution is 8.00. The van der Waals surface area contributed by atoms with Gasteiger partial charge < -0.3 is 5.32 Å². The summed E-state index contributed by atoms with van der Waals surface area (Å²) in [6.45, 7) is 14.2. The topological polar surface area (TPSA) is 12.0 Å². The molecule has 1 N–H and O–H groups in total. The van der Waals surface area contributed by atoms with Crippen LogP contribution in [0.3, 0.4) is 0 Å². The molecule has 1 atom stereocenters. The summed E-state index contributed by atoms with van der Waals surface area (Å²) in [4.78, 5) is 0.221.